The van der Waals surface area contributed by atoms with Crippen LogP contribution in [-0.4, -0.2) is 10.7 Å². The van der Waals surface area contributed by atoms with Gasteiger partial charge in [0, 0.05) is 12.5 Å². The Bertz CT molecular complexity index is 899. The number of aryl methyl sites for hydroxylation is 1. The first kappa shape index (κ1) is 17.1. The highest BCUT2D eigenvalue weighted by Gasteiger charge is 2.22. The first-order chi connectivity index (χ1) is 11.4. The molecule has 0 N–H and O–H groups in total. The zero-order chi connectivity index (χ0) is 17.4. The molecule has 0 aliphatic heterocycles. The van der Waals surface area contributed by atoms with E-state index in [4.69, 9.17) is 32.4 Å². The fourth-order valence-corrected chi connectivity index (χ4v) is 3.34. The van der Waals surface area contributed by atoms with Crippen molar-refractivity contribution in [1.82, 2.24) is 4.57 Å². The Labute approximate surface area is 148 Å². The monoisotopic (exact) mass is 369 g/mol. The molecule has 1 aliphatic rings. The summed E-state index contributed by atoms with van der Waals surface area (Å²) in [5.74, 6) is 0.0895. The van der Waals surface area contributed by atoms with Crippen LogP contribution in [0.4, 0.5) is 0 Å². The van der Waals surface area contributed by atoms with Crippen molar-refractivity contribution in [1.29, 1.82) is 0 Å². The SMILES string of the molecule is CC(C)Oc1cc(-n2c(=O)oc3c(c2=O)CCCC3)c(Cl)cc1Cl. The van der Waals surface area contributed by atoms with E-state index >= 15 is 0 Å². The Morgan fingerprint density at radius 2 is 1.83 bits per heavy atom. The summed E-state index contributed by atoms with van der Waals surface area (Å²) in [5.41, 5.74) is 0.364. The number of rotatable bonds is 3. The van der Waals surface area contributed by atoms with E-state index in [0.717, 1.165) is 17.4 Å². The number of hydrogen-bond donors (Lipinski definition) is 0. The van der Waals surface area contributed by atoms with Gasteiger partial charge in [-0.3, -0.25) is 4.79 Å². The lowest BCUT2D eigenvalue weighted by molar-refractivity contribution is 0.242. The van der Waals surface area contributed by atoms with Crippen molar-refractivity contribution < 1.29 is 9.15 Å². The van der Waals surface area contributed by atoms with Gasteiger partial charge >= 0.3 is 5.76 Å². The molecule has 7 heteroatoms. The summed E-state index contributed by atoms with van der Waals surface area (Å²) in [7, 11) is 0. The number of aromatic nitrogens is 1. The highest BCUT2D eigenvalue weighted by molar-refractivity contribution is 6.36. The summed E-state index contributed by atoms with van der Waals surface area (Å²) >= 11 is 12.3. The van der Waals surface area contributed by atoms with Crippen LogP contribution in [0, 0.1) is 0 Å². The van der Waals surface area contributed by atoms with E-state index in [9.17, 15) is 9.59 Å². The molecule has 3 rings (SSSR count). The van der Waals surface area contributed by atoms with Crippen molar-refractivity contribution in [3.05, 3.63) is 54.4 Å². The summed E-state index contributed by atoms with van der Waals surface area (Å²) < 4.78 is 11.9. The minimum absolute atomic E-state index is 0.117. The van der Waals surface area contributed by atoms with Crippen LogP contribution in [-0.2, 0) is 12.8 Å². The number of nitrogens with zero attached hydrogens (tertiary/aromatic N) is 1. The molecule has 0 saturated heterocycles. The van der Waals surface area contributed by atoms with Gasteiger partial charge < -0.3 is 9.15 Å². The summed E-state index contributed by atoms with van der Waals surface area (Å²) in [6.07, 6.45) is 2.89. The topological polar surface area (TPSA) is 61.4 Å². The molecular formula is C17H17Cl2NO4. The van der Waals surface area contributed by atoms with E-state index < -0.39 is 5.76 Å². The zero-order valence-electron chi connectivity index (χ0n) is 13.4. The van der Waals surface area contributed by atoms with E-state index in [1.165, 1.54) is 12.1 Å². The molecule has 1 heterocycles. The van der Waals surface area contributed by atoms with Gasteiger partial charge in [0.25, 0.3) is 5.56 Å². The molecule has 0 atom stereocenters. The maximum Gasteiger partial charge on any atom is 0.426 e. The second-order valence-corrected chi connectivity index (χ2v) is 6.83. The average molecular weight is 370 g/mol. The van der Waals surface area contributed by atoms with Gasteiger partial charge in [0.15, 0.2) is 0 Å². The smallest absolute Gasteiger partial charge is 0.426 e. The van der Waals surface area contributed by atoms with Gasteiger partial charge in [-0.25, -0.2) is 9.36 Å². The van der Waals surface area contributed by atoms with Crippen LogP contribution < -0.4 is 16.1 Å². The minimum Gasteiger partial charge on any atom is -0.489 e. The van der Waals surface area contributed by atoms with Crippen LogP contribution in [0.1, 0.15) is 38.0 Å². The molecule has 1 aliphatic carbocycles. The third kappa shape index (κ3) is 3.10. The molecule has 24 heavy (non-hydrogen) atoms. The molecule has 0 amide bonds. The lowest BCUT2D eigenvalue weighted by Crippen LogP contribution is -2.36. The number of fused-ring (bicyclic) bond motifs is 1. The lowest BCUT2D eigenvalue weighted by atomic mass is 9.98. The van der Waals surface area contributed by atoms with Crippen LogP contribution in [0.5, 0.6) is 5.75 Å². The fraction of sp³-hybridized carbons (Fsp3) is 0.412. The maximum atomic E-state index is 12.8. The molecule has 0 unspecified atom stereocenters. The molecule has 128 valence electrons. The highest BCUT2D eigenvalue weighted by atomic mass is 35.5. The highest BCUT2D eigenvalue weighted by Crippen LogP contribution is 2.33. The van der Waals surface area contributed by atoms with Gasteiger partial charge in [0.05, 0.1) is 27.4 Å². The van der Waals surface area contributed by atoms with E-state index in [2.05, 4.69) is 0 Å². The Kier molecular flexibility index (Phi) is 4.74. The number of benzene rings is 1. The molecule has 5 nitrogen and oxygen atoms in total. The molecule has 1 aromatic carbocycles. The standard InChI is InChI=1S/C17H17Cl2NO4/c1-9(2)23-15-8-13(11(18)7-12(15)19)20-16(21)10-5-3-4-6-14(10)24-17(20)22/h7-9H,3-6H2,1-2H3. The van der Waals surface area contributed by atoms with E-state index in [1.807, 2.05) is 13.8 Å². The average Bonchev–Trinajstić information content (AvgIpc) is 2.51. The first-order valence-electron chi connectivity index (χ1n) is 7.82. The molecule has 0 spiro atoms. The van der Waals surface area contributed by atoms with Gasteiger partial charge in [-0.15, -0.1) is 0 Å². The Hall–Kier alpha value is -1.72. The second-order valence-electron chi connectivity index (χ2n) is 6.02. The minimum atomic E-state index is -0.750. The molecular weight excluding hydrogens is 353 g/mol. The summed E-state index contributed by atoms with van der Waals surface area (Å²) in [6.45, 7) is 3.70. The van der Waals surface area contributed by atoms with Crippen LogP contribution in [0.25, 0.3) is 5.69 Å². The van der Waals surface area contributed by atoms with Crippen molar-refractivity contribution in [2.24, 2.45) is 0 Å². The van der Waals surface area contributed by atoms with Crippen molar-refractivity contribution in [2.75, 3.05) is 0 Å². The van der Waals surface area contributed by atoms with Gasteiger partial charge in [0.2, 0.25) is 0 Å². The lowest BCUT2D eigenvalue weighted by Gasteiger charge is -2.17. The van der Waals surface area contributed by atoms with Crippen LogP contribution in [0.2, 0.25) is 10.0 Å². The molecule has 2 aromatic rings. The van der Waals surface area contributed by atoms with E-state index in [0.29, 0.717) is 34.9 Å². The van der Waals surface area contributed by atoms with E-state index in [1.54, 1.807) is 0 Å². The summed E-state index contributed by atoms with van der Waals surface area (Å²) in [4.78, 5) is 25.1. The normalized spacial score (nSPS) is 13.9. The third-order valence-corrected chi connectivity index (χ3v) is 4.47. The van der Waals surface area contributed by atoms with Crippen molar-refractivity contribution in [3.63, 3.8) is 0 Å². The molecule has 0 radical (unpaired) electrons. The second kappa shape index (κ2) is 6.65. The predicted octanol–water partition coefficient (Wildman–Crippen LogP) is 3.76. The first-order valence-corrected chi connectivity index (χ1v) is 8.58. The van der Waals surface area contributed by atoms with Crippen molar-refractivity contribution in [3.8, 4) is 11.4 Å². The van der Waals surface area contributed by atoms with Gasteiger partial charge in [-0.05, 0) is 39.2 Å². The van der Waals surface area contributed by atoms with Gasteiger partial charge in [0.1, 0.15) is 11.5 Å². The van der Waals surface area contributed by atoms with Gasteiger partial charge in [-0.1, -0.05) is 23.2 Å². The Balaban J connectivity index is 2.23. The van der Waals surface area contributed by atoms with E-state index in [-0.39, 0.29) is 22.4 Å². The quantitative estimate of drug-likeness (QED) is 0.825. The van der Waals surface area contributed by atoms with Crippen LogP contribution in [0.3, 0.4) is 0 Å². The molecule has 1 aromatic heterocycles. The number of halogens is 2. The van der Waals surface area contributed by atoms with Crippen LogP contribution in [0.15, 0.2) is 26.1 Å². The van der Waals surface area contributed by atoms with Gasteiger partial charge in [-0.2, -0.15) is 0 Å². The summed E-state index contributed by atoms with van der Waals surface area (Å²) in [6, 6.07) is 2.96. The number of ether oxygens (including phenoxy) is 1. The Morgan fingerprint density at radius 3 is 2.54 bits per heavy atom. The summed E-state index contributed by atoms with van der Waals surface area (Å²) in [5, 5.41) is 0.495. The fourth-order valence-electron chi connectivity index (χ4n) is 2.83. The Morgan fingerprint density at radius 1 is 1.12 bits per heavy atom. The predicted molar refractivity (Wildman–Crippen MR) is 93.0 cm³/mol. The van der Waals surface area contributed by atoms with Crippen LogP contribution >= 0.6 is 23.2 Å². The molecule has 0 bridgehead atoms. The third-order valence-electron chi connectivity index (χ3n) is 3.88. The largest absolute Gasteiger partial charge is 0.489 e. The zero-order valence-corrected chi connectivity index (χ0v) is 14.9. The molecule has 0 saturated carbocycles. The molecule has 0 fully saturated rings. The maximum absolute atomic E-state index is 12.8. The van der Waals surface area contributed by atoms with Crippen molar-refractivity contribution >= 4 is 23.2 Å². The number of hydrogen-bond acceptors (Lipinski definition) is 4. The van der Waals surface area contributed by atoms with Crippen molar-refractivity contribution in [2.45, 2.75) is 45.6 Å².